The maximum absolute atomic E-state index is 13.4. The summed E-state index contributed by atoms with van der Waals surface area (Å²) in [5, 5.41) is 4.92. The number of alkyl halides is 3. The highest BCUT2D eigenvalue weighted by molar-refractivity contribution is 7.93. The molecule has 0 heterocycles. The number of hydrogen-bond acceptors (Lipinski definition) is 2. The van der Waals surface area contributed by atoms with Crippen molar-refractivity contribution in [3.8, 4) is 0 Å². The molecule has 20 heavy (non-hydrogen) atoms. The Morgan fingerprint density at radius 2 is 1.75 bits per heavy atom. The van der Waals surface area contributed by atoms with Crippen LogP contribution in [0, 0.1) is 0 Å². The van der Waals surface area contributed by atoms with Crippen molar-refractivity contribution in [3.05, 3.63) is 59.0 Å². The second-order valence-corrected chi connectivity index (χ2v) is 6.09. The van der Waals surface area contributed by atoms with E-state index in [2.05, 4.69) is 0 Å². The zero-order chi connectivity index (χ0) is 15.0. The van der Waals surface area contributed by atoms with Crippen molar-refractivity contribution in [1.82, 2.24) is 0 Å². The Kier molecular flexibility index (Phi) is 3.51. The summed E-state index contributed by atoms with van der Waals surface area (Å²) in [6, 6.07) is 7.37. The van der Waals surface area contributed by atoms with E-state index in [0.717, 1.165) is 18.2 Å². The first kappa shape index (κ1) is 14.8. The fourth-order valence-corrected chi connectivity index (χ4v) is 2.73. The third-order valence-corrected chi connectivity index (χ3v) is 4.24. The Hall–Kier alpha value is -1.60. The molecule has 1 aromatic rings. The molecule has 0 amide bonds. The lowest BCUT2D eigenvalue weighted by Crippen LogP contribution is -2.41. The van der Waals surface area contributed by atoms with Gasteiger partial charge in [-0.3, -0.25) is 0 Å². The van der Waals surface area contributed by atoms with E-state index in [0.29, 0.717) is 0 Å². The van der Waals surface area contributed by atoms with Gasteiger partial charge in [0, 0.05) is 0 Å². The van der Waals surface area contributed by atoms with E-state index in [-0.39, 0.29) is 10.5 Å². The molecule has 0 fully saturated rings. The van der Waals surface area contributed by atoms with Crippen LogP contribution in [0.3, 0.4) is 0 Å². The van der Waals surface area contributed by atoms with Gasteiger partial charge in [0.15, 0.2) is 0 Å². The third-order valence-electron chi connectivity index (χ3n) is 3.28. The number of halogens is 3. The van der Waals surface area contributed by atoms with Crippen LogP contribution in [0.15, 0.2) is 53.5 Å². The van der Waals surface area contributed by atoms with Crippen LogP contribution in [0.4, 0.5) is 13.2 Å². The zero-order valence-corrected chi connectivity index (χ0v) is 11.1. The molecule has 2 N–H and O–H groups in total. The first-order chi connectivity index (χ1) is 9.17. The van der Waals surface area contributed by atoms with E-state index in [1.165, 1.54) is 24.3 Å². The van der Waals surface area contributed by atoms with Crippen LogP contribution in [0.5, 0.6) is 0 Å². The first-order valence-electron chi connectivity index (χ1n) is 5.71. The minimum atomic E-state index is -4.54. The minimum absolute atomic E-state index is 0.0634. The second kappa shape index (κ2) is 4.75. The number of nitrogens with two attached hydrogens (primary N) is 1. The molecule has 7 heteroatoms. The van der Waals surface area contributed by atoms with E-state index in [1.807, 2.05) is 0 Å². The largest absolute Gasteiger partial charge is 0.402 e. The minimum Gasteiger partial charge on any atom is -0.225 e. The van der Waals surface area contributed by atoms with Gasteiger partial charge in [0.2, 0.25) is 10.0 Å². The summed E-state index contributed by atoms with van der Waals surface area (Å²) in [5.74, 6) is 0. The van der Waals surface area contributed by atoms with Gasteiger partial charge >= 0.3 is 6.18 Å². The molecule has 3 nitrogen and oxygen atoms in total. The van der Waals surface area contributed by atoms with Crippen LogP contribution in [-0.2, 0) is 15.4 Å². The summed E-state index contributed by atoms with van der Waals surface area (Å²) in [4.78, 5) is -0.298. The van der Waals surface area contributed by atoms with Gasteiger partial charge in [-0.1, -0.05) is 42.5 Å². The Morgan fingerprint density at radius 3 is 2.15 bits per heavy atom. The molecule has 108 valence electrons. The summed E-state index contributed by atoms with van der Waals surface area (Å²) in [6.07, 6.45) is -2.24. The standard InChI is InChI=1S/C13H12F3NO2S/c14-13(15,16)12(10-4-2-1-3-5-10)8-6-11(7-9-12)20(17,18)19/h1-8H,9H2,(H2,17,18,19). The highest BCUT2D eigenvalue weighted by Crippen LogP contribution is 2.47. The number of hydrogen-bond donors (Lipinski definition) is 1. The topological polar surface area (TPSA) is 60.2 Å². The summed E-state index contributed by atoms with van der Waals surface area (Å²) >= 11 is 0. The molecule has 0 bridgehead atoms. The van der Waals surface area contributed by atoms with Gasteiger partial charge in [0.05, 0.1) is 4.91 Å². The SMILES string of the molecule is NS(=O)(=O)C1=CCC(c2ccccc2)(C(F)(F)F)C=C1. The zero-order valence-electron chi connectivity index (χ0n) is 10.3. The Labute approximate surface area is 114 Å². The van der Waals surface area contributed by atoms with Crippen LogP contribution in [0.1, 0.15) is 12.0 Å². The molecular formula is C13H12F3NO2S. The maximum Gasteiger partial charge on any atom is 0.402 e. The number of sulfonamides is 1. The molecule has 1 aromatic carbocycles. The lowest BCUT2D eigenvalue weighted by molar-refractivity contribution is -0.175. The van der Waals surface area contributed by atoms with Gasteiger partial charge in [-0.15, -0.1) is 0 Å². The molecule has 0 saturated heterocycles. The van der Waals surface area contributed by atoms with Crippen LogP contribution in [-0.4, -0.2) is 14.6 Å². The molecule has 2 rings (SSSR count). The van der Waals surface area contributed by atoms with Crippen LogP contribution in [0.25, 0.3) is 0 Å². The van der Waals surface area contributed by atoms with Crippen molar-refractivity contribution < 1.29 is 21.6 Å². The Morgan fingerprint density at radius 1 is 1.15 bits per heavy atom. The molecule has 0 radical (unpaired) electrons. The lowest BCUT2D eigenvalue weighted by atomic mass is 9.75. The monoisotopic (exact) mass is 303 g/mol. The summed E-state index contributed by atoms with van der Waals surface area (Å²) in [5.41, 5.74) is -2.16. The molecule has 1 aliphatic carbocycles. The molecule has 0 aliphatic heterocycles. The van der Waals surface area contributed by atoms with Crippen molar-refractivity contribution >= 4 is 10.0 Å². The lowest BCUT2D eigenvalue weighted by Gasteiger charge is -2.34. The van der Waals surface area contributed by atoms with Crippen molar-refractivity contribution in [2.24, 2.45) is 5.14 Å². The molecule has 0 spiro atoms. The van der Waals surface area contributed by atoms with Crippen molar-refractivity contribution in [3.63, 3.8) is 0 Å². The second-order valence-electron chi connectivity index (χ2n) is 4.52. The fourth-order valence-electron chi connectivity index (χ4n) is 2.16. The summed E-state index contributed by atoms with van der Waals surface area (Å²) < 4.78 is 62.7. The van der Waals surface area contributed by atoms with Crippen LogP contribution < -0.4 is 5.14 Å². The smallest absolute Gasteiger partial charge is 0.225 e. The van der Waals surface area contributed by atoms with Crippen LogP contribution >= 0.6 is 0 Å². The molecule has 1 aliphatic rings. The highest BCUT2D eigenvalue weighted by Gasteiger charge is 2.54. The number of benzene rings is 1. The van der Waals surface area contributed by atoms with Gasteiger partial charge in [0.1, 0.15) is 5.41 Å². The molecule has 1 atom stereocenters. The molecule has 0 saturated carbocycles. The van der Waals surface area contributed by atoms with Crippen molar-refractivity contribution in [1.29, 1.82) is 0 Å². The van der Waals surface area contributed by atoms with Crippen molar-refractivity contribution in [2.75, 3.05) is 0 Å². The Balaban J connectivity index is 2.51. The third kappa shape index (κ3) is 2.51. The Bertz CT molecular complexity index is 663. The van der Waals surface area contributed by atoms with Crippen LogP contribution in [0.2, 0.25) is 0 Å². The average Bonchev–Trinajstić information content (AvgIpc) is 2.37. The maximum atomic E-state index is 13.4. The molecular weight excluding hydrogens is 291 g/mol. The van der Waals surface area contributed by atoms with Gasteiger partial charge < -0.3 is 0 Å². The quantitative estimate of drug-likeness (QED) is 0.913. The number of primary sulfonamides is 1. The number of rotatable bonds is 2. The molecule has 0 aromatic heterocycles. The van der Waals surface area contributed by atoms with E-state index in [4.69, 9.17) is 5.14 Å². The van der Waals surface area contributed by atoms with Gasteiger partial charge in [0.25, 0.3) is 0 Å². The fraction of sp³-hybridized carbons (Fsp3) is 0.231. The van der Waals surface area contributed by atoms with Crippen molar-refractivity contribution in [2.45, 2.75) is 18.0 Å². The predicted molar refractivity (Wildman–Crippen MR) is 69.1 cm³/mol. The van der Waals surface area contributed by atoms with E-state index in [1.54, 1.807) is 6.07 Å². The average molecular weight is 303 g/mol. The predicted octanol–water partition coefficient (Wildman–Crippen LogP) is 2.62. The normalized spacial score (nSPS) is 23.5. The van der Waals surface area contributed by atoms with E-state index >= 15 is 0 Å². The summed E-state index contributed by atoms with van der Waals surface area (Å²) in [6.45, 7) is 0. The van der Waals surface area contributed by atoms with Gasteiger partial charge in [-0.2, -0.15) is 13.2 Å². The first-order valence-corrected chi connectivity index (χ1v) is 7.26. The van der Waals surface area contributed by atoms with Gasteiger partial charge in [-0.25, -0.2) is 13.6 Å². The molecule has 1 unspecified atom stereocenters. The number of allylic oxidation sites excluding steroid dienone is 3. The highest BCUT2D eigenvalue weighted by atomic mass is 32.2. The van der Waals surface area contributed by atoms with E-state index < -0.39 is 28.0 Å². The van der Waals surface area contributed by atoms with Gasteiger partial charge in [-0.05, 0) is 18.1 Å². The van der Waals surface area contributed by atoms with E-state index in [9.17, 15) is 21.6 Å². The summed E-state index contributed by atoms with van der Waals surface area (Å²) in [7, 11) is -4.00.